The first kappa shape index (κ1) is 14.9. The number of ether oxygens (including phenoxy) is 1. The van der Waals surface area contributed by atoms with Gasteiger partial charge in [-0.15, -0.1) is 6.58 Å². The van der Waals surface area contributed by atoms with Gasteiger partial charge in [0.25, 0.3) is 0 Å². The van der Waals surface area contributed by atoms with Gasteiger partial charge in [-0.05, 0) is 24.8 Å². The van der Waals surface area contributed by atoms with Crippen molar-refractivity contribution in [1.82, 2.24) is 0 Å². The molecule has 0 unspecified atom stereocenters. The first-order valence-electron chi connectivity index (χ1n) is 6.31. The Hall–Kier alpha value is -1.16. The summed E-state index contributed by atoms with van der Waals surface area (Å²) in [6, 6.07) is 9.92. The number of aliphatic hydroxyl groups excluding tert-OH is 2. The highest BCUT2D eigenvalue weighted by Crippen LogP contribution is 2.07. The molecule has 0 bridgehead atoms. The van der Waals surface area contributed by atoms with E-state index < -0.39 is 12.2 Å². The predicted molar refractivity (Wildman–Crippen MR) is 72.2 cm³/mol. The zero-order valence-electron chi connectivity index (χ0n) is 10.7. The Labute approximate surface area is 109 Å². The van der Waals surface area contributed by atoms with Crippen LogP contribution in [0.1, 0.15) is 24.8 Å². The summed E-state index contributed by atoms with van der Waals surface area (Å²) in [4.78, 5) is 0. The van der Waals surface area contributed by atoms with E-state index in [2.05, 4.69) is 6.58 Å². The van der Waals surface area contributed by atoms with Gasteiger partial charge in [-0.3, -0.25) is 0 Å². The first-order valence-corrected chi connectivity index (χ1v) is 6.31. The standard InChI is InChI=1S/C15H22O3/c1-2-6-14(16)11-15(17)9-10-18-12-13-7-4-3-5-8-13/h2-5,7-8,14-17H,1,6,9-12H2/t14-,15-/m1/s1. The lowest BCUT2D eigenvalue weighted by atomic mass is 10.1. The van der Waals surface area contributed by atoms with E-state index in [-0.39, 0.29) is 0 Å². The second-order valence-corrected chi connectivity index (χ2v) is 4.39. The Balaban J connectivity index is 2.08. The van der Waals surface area contributed by atoms with E-state index in [1.165, 1.54) is 0 Å². The van der Waals surface area contributed by atoms with Crippen LogP contribution in [-0.4, -0.2) is 29.0 Å². The fraction of sp³-hybridized carbons (Fsp3) is 0.467. The monoisotopic (exact) mass is 250 g/mol. The van der Waals surface area contributed by atoms with Gasteiger partial charge in [-0.1, -0.05) is 36.4 Å². The van der Waals surface area contributed by atoms with Crippen LogP contribution in [0.15, 0.2) is 43.0 Å². The molecule has 0 spiro atoms. The number of rotatable bonds is 9. The maximum atomic E-state index is 9.67. The first-order chi connectivity index (χ1) is 8.72. The lowest BCUT2D eigenvalue weighted by Gasteiger charge is -2.14. The van der Waals surface area contributed by atoms with Crippen molar-refractivity contribution >= 4 is 0 Å². The van der Waals surface area contributed by atoms with Crippen LogP contribution in [0.4, 0.5) is 0 Å². The minimum atomic E-state index is -0.518. The second kappa shape index (κ2) is 8.86. The molecule has 0 aromatic heterocycles. The predicted octanol–water partition coefficient (Wildman–Crippen LogP) is 2.28. The third-order valence-electron chi connectivity index (χ3n) is 2.69. The van der Waals surface area contributed by atoms with E-state index in [1.54, 1.807) is 6.08 Å². The van der Waals surface area contributed by atoms with Crippen molar-refractivity contribution < 1.29 is 14.9 Å². The number of hydrogen-bond donors (Lipinski definition) is 2. The third-order valence-corrected chi connectivity index (χ3v) is 2.69. The number of hydrogen-bond acceptors (Lipinski definition) is 3. The topological polar surface area (TPSA) is 49.7 Å². The molecule has 1 rings (SSSR count). The molecule has 3 heteroatoms. The molecule has 0 fully saturated rings. The summed E-state index contributed by atoms with van der Waals surface area (Å²) in [6.45, 7) is 4.61. The summed E-state index contributed by atoms with van der Waals surface area (Å²) in [5, 5.41) is 19.2. The summed E-state index contributed by atoms with van der Waals surface area (Å²) >= 11 is 0. The van der Waals surface area contributed by atoms with Gasteiger partial charge in [-0.2, -0.15) is 0 Å². The van der Waals surface area contributed by atoms with Crippen LogP contribution in [0.3, 0.4) is 0 Å². The lowest BCUT2D eigenvalue weighted by molar-refractivity contribution is 0.0424. The van der Waals surface area contributed by atoms with Crippen molar-refractivity contribution in [3.05, 3.63) is 48.6 Å². The molecule has 0 aliphatic heterocycles. The van der Waals surface area contributed by atoms with Gasteiger partial charge in [0.05, 0.1) is 18.8 Å². The molecule has 0 heterocycles. The Kier molecular flexibility index (Phi) is 7.34. The largest absolute Gasteiger partial charge is 0.393 e. The zero-order valence-corrected chi connectivity index (χ0v) is 10.7. The smallest absolute Gasteiger partial charge is 0.0716 e. The second-order valence-electron chi connectivity index (χ2n) is 4.39. The van der Waals surface area contributed by atoms with Gasteiger partial charge in [0.15, 0.2) is 0 Å². The fourth-order valence-electron chi connectivity index (χ4n) is 1.70. The minimum Gasteiger partial charge on any atom is -0.393 e. The van der Waals surface area contributed by atoms with Gasteiger partial charge >= 0.3 is 0 Å². The van der Waals surface area contributed by atoms with Crippen molar-refractivity contribution in [1.29, 1.82) is 0 Å². The normalized spacial score (nSPS) is 14.1. The molecule has 0 saturated carbocycles. The quantitative estimate of drug-likeness (QED) is 0.522. The summed E-state index contributed by atoms with van der Waals surface area (Å²) in [5.74, 6) is 0. The molecule has 3 nitrogen and oxygen atoms in total. The van der Waals surface area contributed by atoms with E-state index >= 15 is 0 Å². The molecular weight excluding hydrogens is 228 g/mol. The van der Waals surface area contributed by atoms with E-state index in [0.717, 1.165) is 5.56 Å². The Bertz CT molecular complexity index is 324. The Morgan fingerprint density at radius 2 is 1.89 bits per heavy atom. The molecular formula is C15H22O3. The molecule has 0 amide bonds. The van der Waals surface area contributed by atoms with E-state index in [0.29, 0.717) is 32.5 Å². The van der Waals surface area contributed by atoms with Gasteiger partial charge < -0.3 is 14.9 Å². The van der Waals surface area contributed by atoms with Gasteiger partial charge in [0.2, 0.25) is 0 Å². The maximum absolute atomic E-state index is 9.67. The van der Waals surface area contributed by atoms with Crippen LogP contribution >= 0.6 is 0 Å². The fourth-order valence-corrected chi connectivity index (χ4v) is 1.70. The number of benzene rings is 1. The van der Waals surface area contributed by atoms with Crippen molar-refractivity contribution in [3.8, 4) is 0 Å². The molecule has 2 atom stereocenters. The van der Waals surface area contributed by atoms with Crippen molar-refractivity contribution in [2.24, 2.45) is 0 Å². The van der Waals surface area contributed by atoms with Crippen LogP contribution in [0.25, 0.3) is 0 Å². The molecule has 2 N–H and O–H groups in total. The Morgan fingerprint density at radius 3 is 2.56 bits per heavy atom. The van der Waals surface area contributed by atoms with Crippen LogP contribution in [0, 0.1) is 0 Å². The minimum absolute atomic E-state index is 0.376. The van der Waals surface area contributed by atoms with E-state index in [9.17, 15) is 10.2 Å². The Morgan fingerprint density at radius 1 is 1.17 bits per heavy atom. The summed E-state index contributed by atoms with van der Waals surface area (Å²) < 4.78 is 5.47. The van der Waals surface area contributed by atoms with Crippen LogP contribution < -0.4 is 0 Å². The molecule has 0 aliphatic rings. The molecule has 100 valence electrons. The maximum Gasteiger partial charge on any atom is 0.0716 e. The average molecular weight is 250 g/mol. The molecule has 1 aromatic rings. The zero-order chi connectivity index (χ0) is 13.2. The molecule has 0 radical (unpaired) electrons. The van der Waals surface area contributed by atoms with Gasteiger partial charge in [0.1, 0.15) is 0 Å². The SMILES string of the molecule is C=CC[C@@H](O)C[C@H](O)CCOCc1ccccc1. The molecule has 1 aromatic carbocycles. The highest BCUT2D eigenvalue weighted by Gasteiger charge is 2.10. The number of aliphatic hydroxyl groups is 2. The van der Waals surface area contributed by atoms with E-state index in [4.69, 9.17) is 4.74 Å². The molecule has 18 heavy (non-hydrogen) atoms. The van der Waals surface area contributed by atoms with Gasteiger partial charge in [0, 0.05) is 6.61 Å². The molecule has 0 aliphatic carbocycles. The average Bonchev–Trinajstić information content (AvgIpc) is 2.36. The summed E-state index contributed by atoms with van der Waals surface area (Å²) in [7, 11) is 0. The van der Waals surface area contributed by atoms with Crippen molar-refractivity contribution in [3.63, 3.8) is 0 Å². The van der Waals surface area contributed by atoms with Crippen LogP contribution in [-0.2, 0) is 11.3 Å². The lowest BCUT2D eigenvalue weighted by Crippen LogP contribution is -2.18. The van der Waals surface area contributed by atoms with E-state index in [1.807, 2.05) is 30.3 Å². The van der Waals surface area contributed by atoms with Crippen molar-refractivity contribution in [2.45, 2.75) is 38.1 Å². The van der Waals surface area contributed by atoms with Crippen molar-refractivity contribution in [2.75, 3.05) is 6.61 Å². The van der Waals surface area contributed by atoms with Gasteiger partial charge in [-0.25, -0.2) is 0 Å². The highest BCUT2D eigenvalue weighted by atomic mass is 16.5. The van der Waals surface area contributed by atoms with Crippen LogP contribution in [0.5, 0.6) is 0 Å². The summed E-state index contributed by atoms with van der Waals surface area (Å²) in [6.07, 6.45) is 2.06. The summed E-state index contributed by atoms with van der Waals surface area (Å²) in [5.41, 5.74) is 1.12. The van der Waals surface area contributed by atoms with Crippen LogP contribution in [0.2, 0.25) is 0 Å². The highest BCUT2D eigenvalue weighted by molar-refractivity contribution is 5.13. The molecule has 0 saturated heterocycles. The third kappa shape index (κ3) is 6.55.